The first-order valence-corrected chi connectivity index (χ1v) is 8.61. The predicted octanol–water partition coefficient (Wildman–Crippen LogP) is 2.49. The smallest absolute Gasteiger partial charge is 0.395 e. The largest absolute Gasteiger partial charge is 0.586 e. The quantitative estimate of drug-likeness (QED) is 0.721. The van der Waals surface area contributed by atoms with Gasteiger partial charge in [0.15, 0.2) is 11.5 Å². The maximum absolute atomic E-state index is 13.0. The third kappa shape index (κ3) is 4.95. The van der Waals surface area contributed by atoms with Crippen molar-refractivity contribution < 1.29 is 27.8 Å². The molecule has 2 amide bonds. The molecule has 1 aromatic rings. The van der Waals surface area contributed by atoms with E-state index in [-0.39, 0.29) is 17.5 Å². The van der Waals surface area contributed by atoms with Crippen LogP contribution >= 0.6 is 0 Å². The second kappa shape index (κ2) is 8.05. The molecule has 0 spiro atoms. The first-order valence-electron chi connectivity index (χ1n) is 8.61. The fraction of sp³-hybridized carbons (Fsp3) is 0.588. The summed E-state index contributed by atoms with van der Waals surface area (Å²) in [6, 6.07) is 3.74. The average Bonchev–Trinajstić information content (AvgIpc) is 3.15. The molecule has 2 heterocycles. The lowest BCUT2D eigenvalue weighted by Gasteiger charge is -2.16. The minimum absolute atomic E-state index is 0.0551. The normalized spacial score (nSPS) is 21.0. The third-order valence-corrected chi connectivity index (χ3v) is 4.40. The number of carbonyl (C=O) groups is 1. The van der Waals surface area contributed by atoms with Crippen molar-refractivity contribution in [3.05, 3.63) is 18.2 Å². The molecule has 26 heavy (non-hydrogen) atoms. The number of hydrogen-bond acceptors (Lipinski definition) is 5. The van der Waals surface area contributed by atoms with Gasteiger partial charge in [0.2, 0.25) is 0 Å². The summed E-state index contributed by atoms with van der Waals surface area (Å²) >= 11 is 0. The summed E-state index contributed by atoms with van der Waals surface area (Å²) in [5, 5.41) is 5.44. The molecule has 2 aliphatic heterocycles. The molecule has 9 heteroatoms. The van der Waals surface area contributed by atoms with Crippen LogP contribution in [0.2, 0.25) is 0 Å². The number of rotatable bonds is 7. The number of anilines is 1. The average molecular weight is 371 g/mol. The number of nitrogens with one attached hydrogen (secondary N) is 2. The van der Waals surface area contributed by atoms with Crippen molar-refractivity contribution in [3.63, 3.8) is 0 Å². The van der Waals surface area contributed by atoms with Gasteiger partial charge >= 0.3 is 12.3 Å². The Labute approximate surface area is 150 Å². The van der Waals surface area contributed by atoms with Gasteiger partial charge in [0.1, 0.15) is 0 Å². The van der Waals surface area contributed by atoms with E-state index in [1.807, 2.05) is 0 Å². The SMILES string of the molecule is COCCCN1CCC(CNC(=O)Nc2ccc3c(c2)OC(F)(F)O3)C1. The number of amides is 2. The summed E-state index contributed by atoms with van der Waals surface area (Å²) in [7, 11) is 1.70. The van der Waals surface area contributed by atoms with E-state index in [1.165, 1.54) is 18.2 Å². The number of fused-ring (bicyclic) bond motifs is 1. The van der Waals surface area contributed by atoms with E-state index in [0.29, 0.717) is 18.2 Å². The van der Waals surface area contributed by atoms with E-state index in [1.54, 1.807) is 7.11 Å². The van der Waals surface area contributed by atoms with Crippen LogP contribution in [-0.2, 0) is 4.74 Å². The number of halogens is 2. The molecule has 3 rings (SSSR count). The number of likely N-dealkylation sites (tertiary alicyclic amines) is 1. The van der Waals surface area contributed by atoms with Gasteiger partial charge in [-0.25, -0.2) is 4.79 Å². The van der Waals surface area contributed by atoms with E-state index < -0.39 is 6.29 Å². The molecular weight excluding hydrogens is 348 g/mol. The summed E-state index contributed by atoms with van der Waals surface area (Å²) in [4.78, 5) is 14.4. The van der Waals surface area contributed by atoms with Crippen molar-refractivity contribution in [2.45, 2.75) is 19.1 Å². The molecule has 1 saturated heterocycles. The Hall–Kier alpha value is -2.13. The molecule has 0 aliphatic carbocycles. The molecule has 0 aromatic heterocycles. The van der Waals surface area contributed by atoms with Crippen molar-refractivity contribution in [2.24, 2.45) is 5.92 Å². The Morgan fingerprint density at radius 2 is 2.19 bits per heavy atom. The topological polar surface area (TPSA) is 72.1 Å². The minimum atomic E-state index is -3.67. The van der Waals surface area contributed by atoms with Gasteiger partial charge in [-0.1, -0.05) is 0 Å². The van der Waals surface area contributed by atoms with Crippen LogP contribution in [0.25, 0.3) is 0 Å². The zero-order valence-corrected chi connectivity index (χ0v) is 14.6. The van der Waals surface area contributed by atoms with Crippen LogP contribution < -0.4 is 20.1 Å². The van der Waals surface area contributed by atoms with Crippen molar-refractivity contribution in [2.75, 3.05) is 45.2 Å². The molecule has 1 fully saturated rings. The van der Waals surface area contributed by atoms with Crippen LogP contribution in [0.5, 0.6) is 11.5 Å². The van der Waals surface area contributed by atoms with Gasteiger partial charge in [0.05, 0.1) is 0 Å². The maximum Gasteiger partial charge on any atom is 0.586 e. The molecule has 1 aromatic carbocycles. The summed E-state index contributed by atoms with van der Waals surface area (Å²) in [6.45, 7) is 4.29. The monoisotopic (exact) mass is 371 g/mol. The minimum Gasteiger partial charge on any atom is -0.395 e. The number of alkyl halides is 2. The Balaban J connectivity index is 1.40. The first-order chi connectivity index (χ1) is 12.4. The third-order valence-electron chi connectivity index (χ3n) is 4.40. The summed E-state index contributed by atoms with van der Waals surface area (Å²) in [5.41, 5.74) is 0.357. The fourth-order valence-electron chi connectivity index (χ4n) is 3.15. The summed E-state index contributed by atoms with van der Waals surface area (Å²) in [6.07, 6.45) is -1.63. The maximum atomic E-state index is 13.0. The van der Waals surface area contributed by atoms with E-state index in [4.69, 9.17) is 4.74 Å². The Kier molecular flexibility index (Phi) is 5.77. The van der Waals surface area contributed by atoms with Crippen LogP contribution in [0, 0.1) is 5.92 Å². The summed E-state index contributed by atoms with van der Waals surface area (Å²) in [5.74, 6) is 0.245. The summed E-state index contributed by atoms with van der Waals surface area (Å²) < 4.78 is 39.7. The van der Waals surface area contributed by atoms with Crippen LogP contribution in [0.1, 0.15) is 12.8 Å². The Bertz CT molecular complexity index is 644. The number of methoxy groups -OCH3 is 1. The number of carbonyl (C=O) groups excluding carboxylic acids is 1. The molecule has 0 radical (unpaired) electrons. The van der Waals surface area contributed by atoms with Gasteiger partial charge in [-0.2, -0.15) is 0 Å². The van der Waals surface area contributed by atoms with Gasteiger partial charge < -0.3 is 29.7 Å². The van der Waals surface area contributed by atoms with E-state index in [0.717, 1.165) is 39.1 Å². The lowest BCUT2D eigenvalue weighted by Crippen LogP contribution is -2.34. The number of nitrogens with zero attached hydrogens (tertiary/aromatic N) is 1. The lowest BCUT2D eigenvalue weighted by atomic mass is 10.1. The van der Waals surface area contributed by atoms with Gasteiger partial charge in [0, 0.05) is 45.1 Å². The fourth-order valence-corrected chi connectivity index (χ4v) is 3.15. The molecule has 7 nitrogen and oxygen atoms in total. The molecule has 2 aliphatic rings. The number of benzene rings is 1. The second-order valence-electron chi connectivity index (χ2n) is 6.47. The van der Waals surface area contributed by atoms with Gasteiger partial charge in [-0.15, -0.1) is 8.78 Å². The van der Waals surface area contributed by atoms with Crippen molar-refractivity contribution in [3.8, 4) is 11.5 Å². The van der Waals surface area contributed by atoms with Gasteiger partial charge in [0.25, 0.3) is 0 Å². The van der Waals surface area contributed by atoms with E-state index in [2.05, 4.69) is 25.0 Å². The van der Waals surface area contributed by atoms with Gasteiger partial charge in [-0.05, 0) is 37.4 Å². The predicted molar refractivity (Wildman–Crippen MR) is 90.7 cm³/mol. The van der Waals surface area contributed by atoms with Crippen LogP contribution in [-0.4, -0.2) is 57.1 Å². The van der Waals surface area contributed by atoms with E-state index in [9.17, 15) is 13.6 Å². The standard InChI is InChI=1S/C17H23F2N3O4/c1-24-8-2-6-22-7-5-12(11-22)10-20-16(23)21-13-3-4-14-15(9-13)26-17(18,19)25-14/h3-4,9,12H,2,5-8,10-11H2,1H3,(H2,20,21,23). The molecule has 0 bridgehead atoms. The van der Waals surface area contributed by atoms with Crippen LogP contribution in [0.3, 0.4) is 0 Å². The Morgan fingerprint density at radius 1 is 1.38 bits per heavy atom. The first kappa shape index (κ1) is 18.7. The zero-order valence-electron chi connectivity index (χ0n) is 14.6. The van der Waals surface area contributed by atoms with Crippen molar-refractivity contribution in [1.29, 1.82) is 0 Å². The highest BCUT2D eigenvalue weighted by molar-refractivity contribution is 5.89. The number of urea groups is 1. The lowest BCUT2D eigenvalue weighted by molar-refractivity contribution is -0.286. The molecule has 1 unspecified atom stereocenters. The molecular formula is C17H23F2N3O4. The highest BCUT2D eigenvalue weighted by Crippen LogP contribution is 2.42. The zero-order chi connectivity index (χ0) is 18.6. The molecule has 1 atom stereocenters. The van der Waals surface area contributed by atoms with Crippen LogP contribution in [0.4, 0.5) is 19.3 Å². The highest BCUT2D eigenvalue weighted by atomic mass is 19.3. The van der Waals surface area contributed by atoms with Gasteiger partial charge in [-0.3, -0.25) is 0 Å². The van der Waals surface area contributed by atoms with Crippen molar-refractivity contribution >= 4 is 11.7 Å². The Morgan fingerprint density at radius 3 is 3.00 bits per heavy atom. The molecule has 144 valence electrons. The molecule has 2 N–H and O–H groups in total. The van der Waals surface area contributed by atoms with Crippen molar-refractivity contribution in [1.82, 2.24) is 10.2 Å². The van der Waals surface area contributed by atoms with Crippen LogP contribution in [0.15, 0.2) is 18.2 Å². The number of ether oxygens (including phenoxy) is 3. The second-order valence-corrected chi connectivity index (χ2v) is 6.47. The molecule has 0 saturated carbocycles. The number of hydrogen-bond donors (Lipinski definition) is 2. The highest BCUT2D eigenvalue weighted by Gasteiger charge is 2.43. The van der Waals surface area contributed by atoms with E-state index >= 15 is 0 Å².